The molecule has 0 aliphatic carbocycles. The number of thioether (sulfide) groups is 1. The maximum absolute atomic E-state index is 14.2. The average molecular weight is 707 g/mol. The summed E-state index contributed by atoms with van der Waals surface area (Å²) in [6.07, 6.45) is 4.97. The molecular weight excluding hydrogens is 659 g/mol. The van der Waals surface area contributed by atoms with Crippen LogP contribution < -0.4 is 16.4 Å². The SMILES string of the molecule is CCCCCCSCC(CP(=O)(O)[C@H](Cc1ccccc1)NC(=O)OCc1ccccc1)C(=O)N[C@@H](Cc1c[nH]c2ccccc12)C(N)=O. The molecule has 0 saturated carbocycles. The van der Waals surface area contributed by atoms with Crippen molar-refractivity contribution in [1.29, 1.82) is 0 Å². The van der Waals surface area contributed by atoms with Crippen LogP contribution in [0.4, 0.5) is 4.79 Å². The van der Waals surface area contributed by atoms with E-state index in [0.717, 1.165) is 59.0 Å². The summed E-state index contributed by atoms with van der Waals surface area (Å²) < 4.78 is 19.6. The lowest BCUT2D eigenvalue weighted by Crippen LogP contribution is -2.49. The number of para-hydroxylation sites is 1. The Balaban J connectivity index is 1.52. The van der Waals surface area contributed by atoms with Crippen molar-refractivity contribution in [3.63, 3.8) is 0 Å². The van der Waals surface area contributed by atoms with Crippen molar-refractivity contribution in [2.24, 2.45) is 11.7 Å². The molecule has 6 N–H and O–H groups in total. The number of alkyl carbamates (subject to hydrolysis) is 1. The highest BCUT2D eigenvalue weighted by Crippen LogP contribution is 2.48. The van der Waals surface area contributed by atoms with Gasteiger partial charge in [-0.15, -0.1) is 0 Å². The number of carbonyl (C=O) groups excluding carboxylic acids is 3. The summed E-state index contributed by atoms with van der Waals surface area (Å²) in [4.78, 5) is 54.2. The Morgan fingerprint density at radius 1 is 0.898 bits per heavy atom. The van der Waals surface area contributed by atoms with Gasteiger partial charge in [-0.05, 0) is 34.9 Å². The molecular formula is C37H47N4O6PS. The standard InChI is InChI=1S/C37H47N4O6PS/c1-2-3-4-13-20-49-26-30(36(43)40-33(35(38)42)22-29-23-39-32-19-12-11-18-31(29)32)25-48(45,46)34(21-27-14-7-5-8-15-27)41-37(44)47-24-28-16-9-6-10-17-28/h5-12,14-19,23,30,33-34,39H,2-4,13,20-22,24-26H2,1H3,(H2,38,42)(H,40,43)(H,41,44)(H,45,46)/t30?,33-,34+/m0/s1. The number of benzene rings is 3. The number of ether oxygens (including phenoxy) is 1. The Morgan fingerprint density at radius 3 is 2.27 bits per heavy atom. The molecule has 0 aliphatic rings. The predicted molar refractivity (Wildman–Crippen MR) is 196 cm³/mol. The van der Waals surface area contributed by atoms with Crippen LogP contribution in [-0.4, -0.2) is 57.3 Å². The van der Waals surface area contributed by atoms with E-state index < -0.39 is 49.2 Å². The first-order valence-electron chi connectivity index (χ1n) is 16.7. The van der Waals surface area contributed by atoms with Crippen LogP contribution in [0.3, 0.4) is 0 Å². The van der Waals surface area contributed by atoms with E-state index in [1.165, 1.54) is 11.8 Å². The van der Waals surface area contributed by atoms with E-state index >= 15 is 0 Å². The lowest BCUT2D eigenvalue weighted by Gasteiger charge is -2.28. The Kier molecular flexibility index (Phi) is 14.8. The molecule has 0 radical (unpaired) electrons. The average Bonchev–Trinajstić information content (AvgIpc) is 3.51. The van der Waals surface area contributed by atoms with Crippen molar-refractivity contribution in [2.45, 2.75) is 63.9 Å². The highest BCUT2D eigenvalue weighted by molar-refractivity contribution is 7.99. The van der Waals surface area contributed by atoms with Crippen LogP contribution >= 0.6 is 19.1 Å². The van der Waals surface area contributed by atoms with Gasteiger partial charge in [-0.1, -0.05) is 105 Å². The molecule has 1 heterocycles. The molecule has 1 aromatic heterocycles. The van der Waals surface area contributed by atoms with Gasteiger partial charge in [-0.2, -0.15) is 11.8 Å². The molecule has 0 aliphatic heterocycles. The molecule has 4 aromatic rings. The molecule has 49 heavy (non-hydrogen) atoms. The quantitative estimate of drug-likeness (QED) is 0.0526. The van der Waals surface area contributed by atoms with Gasteiger partial charge in [0.1, 0.15) is 18.4 Å². The van der Waals surface area contributed by atoms with Crippen molar-refractivity contribution in [1.82, 2.24) is 15.6 Å². The number of aromatic nitrogens is 1. The number of hydrogen-bond acceptors (Lipinski definition) is 6. The smallest absolute Gasteiger partial charge is 0.408 e. The Bertz CT molecular complexity index is 1690. The zero-order valence-electron chi connectivity index (χ0n) is 27.9. The highest BCUT2D eigenvalue weighted by atomic mass is 32.2. The van der Waals surface area contributed by atoms with Crippen molar-refractivity contribution in [2.75, 3.05) is 17.7 Å². The van der Waals surface area contributed by atoms with Gasteiger partial charge in [-0.25, -0.2) is 4.79 Å². The summed E-state index contributed by atoms with van der Waals surface area (Å²) in [5, 5.41) is 6.33. The second-order valence-electron chi connectivity index (χ2n) is 12.2. The van der Waals surface area contributed by atoms with Crippen LogP contribution in [0.1, 0.15) is 49.3 Å². The molecule has 262 valence electrons. The molecule has 2 unspecified atom stereocenters. The van der Waals surface area contributed by atoms with E-state index in [4.69, 9.17) is 10.5 Å². The molecule has 0 fully saturated rings. The number of nitrogens with two attached hydrogens (primary N) is 1. The van der Waals surface area contributed by atoms with Crippen molar-refractivity contribution >= 4 is 47.9 Å². The number of rotatable bonds is 20. The number of carbonyl (C=O) groups is 3. The van der Waals surface area contributed by atoms with Crippen LogP contribution in [0.15, 0.2) is 91.1 Å². The third-order valence-corrected chi connectivity index (χ3v) is 11.8. The van der Waals surface area contributed by atoms with E-state index in [-0.39, 0.29) is 25.2 Å². The fourth-order valence-corrected chi connectivity index (χ4v) is 8.86. The van der Waals surface area contributed by atoms with Crippen LogP contribution in [0.2, 0.25) is 0 Å². The summed E-state index contributed by atoms with van der Waals surface area (Å²) in [5.74, 6) is -2.35. The van der Waals surface area contributed by atoms with E-state index in [1.807, 2.05) is 84.9 Å². The summed E-state index contributed by atoms with van der Waals surface area (Å²) in [6.45, 7) is 2.13. The molecule has 4 rings (SSSR count). The second-order valence-corrected chi connectivity index (χ2v) is 15.9. The minimum Gasteiger partial charge on any atom is -0.445 e. The number of nitrogens with one attached hydrogen (secondary N) is 3. The highest BCUT2D eigenvalue weighted by Gasteiger charge is 2.38. The Labute approximate surface area is 292 Å². The first-order valence-corrected chi connectivity index (χ1v) is 19.8. The summed E-state index contributed by atoms with van der Waals surface area (Å²) in [7, 11) is -4.26. The van der Waals surface area contributed by atoms with Gasteiger partial charge in [0.2, 0.25) is 19.2 Å². The largest absolute Gasteiger partial charge is 0.445 e. The monoisotopic (exact) mass is 706 g/mol. The summed E-state index contributed by atoms with van der Waals surface area (Å²) >= 11 is 1.53. The van der Waals surface area contributed by atoms with Crippen LogP contribution in [0.25, 0.3) is 10.9 Å². The zero-order valence-corrected chi connectivity index (χ0v) is 29.6. The van der Waals surface area contributed by atoms with Gasteiger partial charge >= 0.3 is 6.09 Å². The zero-order chi connectivity index (χ0) is 35.1. The van der Waals surface area contributed by atoms with E-state index in [9.17, 15) is 23.8 Å². The van der Waals surface area contributed by atoms with Crippen LogP contribution in [0.5, 0.6) is 0 Å². The fourth-order valence-electron chi connectivity index (χ4n) is 5.58. The number of H-pyrrole nitrogens is 1. The van der Waals surface area contributed by atoms with Gasteiger partial charge < -0.3 is 31.0 Å². The minimum atomic E-state index is -4.26. The third kappa shape index (κ3) is 12.1. The van der Waals surface area contributed by atoms with Crippen molar-refractivity contribution in [3.05, 3.63) is 108 Å². The fraction of sp³-hybridized carbons (Fsp3) is 0.378. The van der Waals surface area contributed by atoms with Crippen molar-refractivity contribution in [3.8, 4) is 0 Å². The normalized spacial score (nSPS) is 14.3. The lowest BCUT2D eigenvalue weighted by molar-refractivity contribution is -0.129. The van der Waals surface area contributed by atoms with Gasteiger partial charge in [0.15, 0.2) is 0 Å². The number of fused-ring (bicyclic) bond motifs is 1. The Hall–Kier alpha value is -4.05. The van der Waals surface area contributed by atoms with Gasteiger partial charge in [0.25, 0.3) is 0 Å². The van der Waals surface area contributed by atoms with E-state index in [0.29, 0.717) is 0 Å². The van der Waals surface area contributed by atoms with Gasteiger partial charge in [-0.3, -0.25) is 14.2 Å². The summed E-state index contributed by atoms with van der Waals surface area (Å²) in [5.41, 5.74) is 8.99. The first-order chi connectivity index (χ1) is 23.7. The van der Waals surface area contributed by atoms with E-state index in [2.05, 4.69) is 22.5 Å². The Morgan fingerprint density at radius 2 is 1.57 bits per heavy atom. The lowest BCUT2D eigenvalue weighted by atomic mass is 10.0. The van der Waals surface area contributed by atoms with Gasteiger partial charge in [0.05, 0.1) is 5.92 Å². The van der Waals surface area contributed by atoms with Gasteiger partial charge in [0, 0.05) is 41.9 Å². The minimum absolute atomic E-state index is 0.00883. The molecule has 0 spiro atoms. The van der Waals surface area contributed by atoms with Crippen LogP contribution in [-0.2, 0) is 38.3 Å². The topological polar surface area (TPSA) is 164 Å². The number of amides is 3. The molecule has 12 heteroatoms. The maximum atomic E-state index is 14.2. The molecule has 0 saturated heterocycles. The maximum Gasteiger partial charge on any atom is 0.408 e. The molecule has 3 aromatic carbocycles. The molecule has 10 nitrogen and oxygen atoms in total. The molecule has 4 atom stereocenters. The van der Waals surface area contributed by atoms with E-state index in [1.54, 1.807) is 6.20 Å². The number of hydrogen-bond donors (Lipinski definition) is 5. The van der Waals surface area contributed by atoms with Crippen LogP contribution in [0, 0.1) is 5.92 Å². The summed E-state index contributed by atoms with van der Waals surface area (Å²) in [6, 6.07) is 24.8. The molecule has 0 bridgehead atoms. The number of unbranched alkanes of at least 4 members (excludes halogenated alkanes) is 3. The molecule has 3 amide bonds. The second kappa shape index (κ2) is 19.2. The number of aromatic amines is 1. The third-order valence-electron chi connectivity index (χ3n) is 8.33. The predicted octanol–water partition coefficient (Wildman–Crippen LogP) is 6.38. The number of primary amides is 1. The van der Waals surface area contributed by atoms with Crippen molar-refractivity contribution < 1.29 is 28.6 Å². The first kappa shape index (κ1) is 37.8.